The first-order valence-corrected chi connectivity index (χ1v) is 7.64. The molecule has 0 saturated carbocycles. The Morgan fingerprint density at radius 2 is 1.27 bits per heavy atom. The fourth-order valence-electron chi connectivity index (χ4n) is 1.93. The monoisotopic (exact) mass is 228 g/mol. The van der Waals surface area contributed by atoms with Gasteiger partial charge in [0.1, 0.15) is 0 Å². The third kappa shape index (κ3) is 1.82. The summed E-state index contributed by atoms with van der Waals surface area (Å²) in [4.78, 5) is 21.6. The van der Waals surface area contributed by atoms with Gasteiger partial charge in [0.2, 0.25) is 0 Å². The molecule has 15 heavy (non-hydrogen) atoms. The van der Waals surface area contributed by atoms with Crippen molar-refractivity contribution >= 4 is 12.4 Å². The van der Waals surface area contributed by atoms with E-state index in [1.54, 1.807) is 0 Å². The normalized spacial score (nSPS) is 15.3. The van der Waals surface area contributed by atoms with Crippen molar-refractivity contribution in [2.75, 3.05) is 0 Å². The average molecular weight is 228 g/mol. The van der Waals surface area contributed by atoms with E-state index in [1.807, 2.05) is 58.0 Å². The molecule has 0 atom stereocenters. The molecule has 1 aromatic rings. The molecule has 0 spiro atoms. The molecule has 2 N–H and O–H groups in total. The summed E-state index contributed by atoms with van der Waals surface area (Å²) >= 11 is 0. The van der Waals surface area contributed by atoms with Crippen LogP contribution in [0.5, 0.6) is 0 Å². The third-order valence-electron chi connectivity index (χ3n) is 3.32. The molecule has 1 rings (SSSR count). The fourth-order valence-corrected chi connectivity index (χ4v) is 5.09. The van der Waals surface area contributed by atoms with Crippen molar-refractivity contribution in [2.45, 2.75) is 39.0 Å². The first-order chi connectivity index (χ1) is 6.79. The van der Waals surface area contributed by atoms with Gasteiger partial charge in [-0.05, 0) is 0 Å². The van der Waals surface area contributed by atoms with Crippen LogP contribution < -0.4 is 5.30 Å². The molecule has 0 amide bonds. The zero-order valence-corrected chi connectivity index (χ0v) is 10.8. The van der Waals surface area contributed by atoms with Crippen molar-refractivity contribution in [2.24, 2.45) is 0 Å². The topological polar surface area (TPSA) is 40.5 Å². The van der Waals surface area contributed by atoms with Gasteiger partial charge in [-0.3, -0.25) is 0 Å². The van der Waals surface area contributed by atoms with E-state index in [9.17, 15) is 9.79 Å². The molecular weight excluding hydrogens is 207 g/mol. The molecule has 0 aromatic heterocycles. The summed E-state index contributed by atoms with van der Waals surface area (Å²) < 4.78 is 0. The Hall–Kier alpha value is -0.430. The third-order valence-corrected chi connectivity index (χ3v) is 8.75. The van der Waals surface area contributed by atoms with Crippen LogP contribution in [-0.2, 0) is 0 Å². The van der Waals surface area contributed by atoms with E-state index in [-0.39, 0.29) is 11.3 Å². The second-order valence-corrected chi connectivity index (χ2v) is 9.58. The van der Waals surface area contributed by atoms with Gasteiger partial charge in [0.05, 0.1) is 0 Å². The quantitative estimate of drug-likeness (QED) is 0.780. The molecule has 86 valence electrons. The molecular formula is C12H21O2P. The van der Waals surface area contributed by atoms with Gasteiger partial charge < -0.3 is 0 Å². The maximum absolute atomic E-state index is 10.8. The van der Waals surface area contributed by atoms with E-state index in [0.29, 0.717) is 5.30 Å². The van der Waals surface area contributed by atoms with Crippen LogP contribution in [0.4, 0.5) is 0 Å². The zero-order valence-electron chi connectivity index (χ0n) is 9.88. The standard InChI is InChI=1S/C12H21O2P/c1-10(2)15(13,14,11(3)4)12-8-6-5-7-9-12/h5-11,13-14H,1-4H3. The van der Waals surface area contributed by atoms with Crippen LogP contribution in [0.1, 0.15) is 27.7 Å². The summed E-state index contributed by atoms with van der Waals surface area (Å²) in [5.74, 6) is 0. The van der Waals surface area contributed by atoms with Gasteiger partial charge in [0, 0.05) is 0 Å². The predicted molar refractivity (Wildman–Crippen MR) is 67.7 cm³/mol. The first kappa shape index (κ1) is 12.6. The Labute approximate surface area is 92.1 Å². The minimum absolute atomic E-state index is 0.140. The summed E-state index contributed by atoms with van der Waals surface area (Å²) in [7, 11) is -3.76. The van der Waals surface area contributed by atoms with Crippen LogP contribution in [0.25, 0.3) is 0 Å². The zero-order chi connectivity index (χ0) is 11.7. The summed E-state index contributed by atoms with van der Waals surface area (Å²) in [5, 5.41) is 0.688. The van der Waals surface area contributed by atoms with Crippen LogP contribution in [0.2, 0.25) is 0 Å². The summed E-state index contributed by atoms with van der Waals surface area (Å²) in [6.07, 6.45) is 0. The second-order valence-electron chi connectivity index (χ2n) is 4.68. The molecule has 0 saturated heterocycles. The molecule has 0 aliphatic carbocycles. The van der Waals surface area contributed by atoms with Crippen molar-refractivity contribution < 1.29 is 9.79 Å². The van der Waals surface area contributed by atoms with E-state index >= 15 is 0 Å². The van der Waals surface area contributed by atoms with Crippen molar-refractivity contribution in [3.8, 4) is 0 Å². The molecule has 0 aliphatic heterocycles. The van der Waals surface area contributed by atoms with Gasteiger partial charge in [-0.2, -0.15) is 0 Å². The summed E-state index contributed by atoms with van der Waals surface area (Å²) in [6.45, 7) is 7.52. The maximum atomic E-state index is 10.8. The van der Waals surface area contributed by atoms with Crippen LogP contribution in [0, 0.1) is 0 Å². The molecule has 3 heteroatoms. The van der Waals surface area contributed by atoms with Crippen molar-refractivity contribution in [3.05, 3.63) is 30.3 Å². The Morgan fingerprint density at radius 1 is 0.867 bits per heavy atom. The Balaban J connectivity index is 3.38. The molecule has 0 unspecified atom stereocenters. The van der Waals surface area contributed by atoms with Gasteiger partial charge in [-0.1, -0.05) is 0 Å². The van der Waals surface area contributed by atoms with E-state index in [0.717, 1.165) is 0 Å². The first-order valence-electron chi connectivity index (χ1n) is 5.36. The Bertz CT molecular complexity index is 319. The van der Waals surface area contributed by atoms with Crippen LogP contribution in [0.3, 0.4) is 0 Å². The fraction of sp³-hybridized carbons (Fsp3) is 0.500. The molecule has 2 nitrogen and oxygen atoms in total. The van der Waals surface area contributed by atoms with Crippen molar-refractivity contribution in [1.29, 1.82) is 0 Å². The molecule has 0 fully saturated rings. The van der Waals surface area contributed by atoms with Crippen molar-refractivity contribution in [1.82, 2.24) is 0 Å². The van der Waals surface area contributed by atoms with Gasteiger partial charge in [-0.25, -0.2) is 0 Å². The van der Waals surface area contributed by atoms with Crippen LogP contribution >= 0.6 is 7.06 Å². The number of hydrogen-bond donors (Lipinski definition) is 2. The number of hydrogen-bond acceptors (Lipinski definition) is 2. The second kappa shape index (κ2) is 3.86. The predicted octanol–water partition coefficient (Wildman–Crippen LogP) is 2.50. The van der Waals surface area contributed by atoms with Crippen LogP contribution in [0.15, 0.2) is 30.3 Å². The molecule has 1 aromatic carbocycles. The van der Waals surface area contributed by atoms with Gasteiger partial charge in [0.15, 0.2) is 0 Å². The van der Waals surface area contributed by atoms with Gasteiger partial charge >= 0.3 is 91.5 Å². The van der Waals surface area contributed by atoms with E-state index in [4.69, 9.17) is 0 Å². The van der Waals surface area contributed by atoms with E-state index in [1.165, 1.54) is 0 Å². The molecule has 0 aliphatic rings. The Kier molecular flexibility index (Phi) is 3.25. The average Bonchev–Trinajstić information content (AvgIpc) is 2.19. The SMILES string of the molecule is CC(C)P(O)(O)(c1ccccc1)C(C)C. The Morgan fingerprint density at radius 3 is 1.60 bits per heavy atom. The summed E-state index contributed by atoms with van der Waals surface area (Å²) in [6, 6.07) is 9.23. The molecule has 0 radical (unpaired) electrons. The molecule has 0 heterocycles. The molecule has 0 bridgehead atoms. The van der Waals surface area contributed by atoms with Crippen LogP contribution in [-0.4, -0.2) is 21.1 Å². The number of rotatable bonds is 3. The van der Waals surface area contributed by atoms with Gasteiger partial charge in [-0.15, -0.1) is 0 Å². The van der Waals surface area contributed by atoms with Gasteiger partial charge in [0.25, 0.3) is 0 Å². The summed E-state index contributed by atoms with van der Waals surface area (Å²) in [5.41, 5.74) is -0.281. The minimum atomic E-state index is -3.76. The van der Waals surface area contributed by atoms with Crippen molar-refractivity contribution in [3.63, 3.8) is 0 Å². The van der Waals surface area contributed by atoms with E-state index < -0.39 is 7.06 Å². The number of benzene rings is 1. The van der Waals surface area contributed by atoms with E-state index in [2.05, 4.69) is 0 Å².